The first-order valence-electron chi connectivity index (χ1n) is 10.6. The highest BCUT2D eigenvalue weighted by molar-refractivity contribution is 7.10. The van der Waals surface area contributed by atoms with Crippen molar-refractivity contribution in [1.29, 1.82) is 0 Å². The SMILES string of the molecule is Cc1cc(C)c(CNC(=O)c2csc(C(C)N3CCC(N(C)C)CC3)c2C)c(=O)[nH]1. The van der Waals surface area contributed by atoms with E-state index in [9.17, 15) is 9.59 Å². The molecule has 0 aromatic carbocycles. The topological polar surface area (TPSA) is 68.4 Å². The van der Waals surface area contributed by atoms with Crippen LogP contribution in [0.4, 0.5) is 0 Å². The molecule has 1 unspecified atom stereocenters. The molecule has 2 aromatic rings. The number of carbonyl (C=O) groups is 1. The van der Waals surface area contributed by atoms with Crippen LogP contribution in [0.1, 0.15) is 63.4 Å². The van der Waals surface area contributed by atoms with E-state index in [2.05, 4.69) is 41.1 Å². The molecule has 0 radical (unpaired) electrons. The van der Waals surface area contributed by atoms with Crippen LogP contribution in [-0.2, 0) is 6.54 Å². The second-order valence-corrected chi connectivity index (χ2v) is 9.58. The summed E-state index contributed by atoms with van der Waals surface area (Å²) >= 11 is 1.66. The number of H-pyrrole nitrogens is 1. The minimum absolute atomic E-state index is 0.118. The van der Waals surface area contributed by atoms with Gasteiger partial charge in [0.1, 0.15) is 0 Å². The maximum absolute atomic E-state index is 12.8. The number of amides is 1. The van der Waals surface area contributed by atoms with Gasteiger partial charge in [0.05, 0.1) is 5.56 Å². The third-order valence-electron chi connectivity index (χ3n) is 6.40. The average Bonchev–Trinajstić information content (AvgIpc) is 3.08. The molecular weight excluding hydrogens is 396 g/mol. The number of aryl methyl sites for hydroxylation is 2. The summed E-state index contributed by atoms with van der Waals surface area (Å²) in [4.78, 5) is 33.9. The number of nitrogens with zero attached hydrogens (tertiary/aromatic N) is 2. The fourth-order valence-electron chi connectivity index (χ4n) is 4.39. The van der Waals surface area contributed by atoms with Crippen molar-refractivity contribution < 1.29 is 4.79 Å². The lowest BCUT2D eigenvalue weighted by molar-refractivity contribution is 0.0950. The minimum atomic E-state index is -0.134. The van der Waals surface area contributed by atoms with Crippen molar-refractivity contribution >= 4 is 17.2 Å². The van der Waals surface area contributed by atoms with E-state index in [4.69, 9.17) is 0 Å². The quantitative estimate of drug-likeness (QED) is 0.737. The predicted octanol–water partition coefficient (Wildman–Crippen LogP) is 3.38. The summed E-state index contributed by atoms with van der Waals surface area (Å²) in [6.07, 6.45) is 2.36. The Labute approximate surface area is 183 Å². The van der Waals surface area contributed by atoms with Crippen LogP contribution in [0, 0.1) is 20.8 Å². The summed E-state index contributed by atoms with van der Waals surface area (Å²) in [5, 5.41) is 4.89. The van der Waals surface area contributed by atoms with Gasteiger partial charge in [-0.3, -0.25) is 14.5 Å². The molecule has 2 N–H and O–H groups in total. The first kappa shape index (κ1) is 22.7. The summed E-state index contributed by atoms with van der Waals surface area (Å²) in [7, 11) is 4.31. The maximum atomic E-state index is 12.8. The molecule has 1 aliphatic heterocycles. The van der Waals surface area contributed by atoms with Crippen molar-refractivity contribution in [2.45, 2.75) is 59.2 Å². The molecule has 0 bridgehead atoms. The molecule has 164 valence electrons. The van der Waals surface area contributed by atoms with Gasteiger partial charge < -0.3 is 15.2 Å². The van der Waals surface area contributed by atoms with Crippen LogP contribution < -0.4 is 10.9 Å². The van der Waals surface area contributed by atoms with Crippen molar-refractivity contribution in [1.82, 2.24) is 20.1 Å². The Balaban J connectivity index is 1.66. The minimum Gasteiger partial charge on any atom is -0.348 e. The van der Waals surface area contributed by atoms with Crippen LogP contribution in [0.15, 0.2) is 16.2 Å². The smallest absolute Gasteiger partial charge is 0.253 e. The monoisotopic (exact) mass is 430 g/mol. The normalized spacial score (nSPS) is 16.8. The second-order valence-electron chi connectivity index (χ2n) is 8.67. The predicted molar refractivity (Wildman–Crippen MR) is 123 cm³/mol. The van der Waals surface area contributed by atoms with Crippen molar-refractivity contribution in [2.24, 2.45) is 0 Å². The lowest BCUT2D eigenvalue weighted by atomic mass is 10.0. The number of aromatic amines is 1. The van der Waals surface area contributed by atoms with Crippen LogP contribution in [0.5, 0.6) is 0 Å². The fraction of sp³-hybridized carbons (Fsp3) is 0.565. The Hall–Kier alpha value is -1.96. The van der Waals surface area contributed by atoms with Crippen LogP contribution in [-0.4, -0.2) is 53.9 Å². The van der Waals surface area contributed by atoms with E-state index in [0.717, 1.165) is 29.9 Å². The lowest BCUT2D eigenvalue weighted by Crippen LogP contribution is -2.42. The van der Waals surface area contributed by atoms with E-state index in [1.165, 1.54) is 17.7 Å². The Morgan fingerprint density at radius 3 is 2.57 bits per heavy atom. The summed E-state index contributed by atoms with van der Waals surface area (Å²) < 4.78 is 0. The number of hydrogen-bond donors (Lipinski definition) is 2. The molecule has 3 rings (SSSR count). The number of rotatable bonds is 6. The molecule has 0 aliphatic carbocycles. The summed E-state index contributed by atoms with van der Waals surface area (Å²) in [5.41, 5.74) is 3.97. The third-order valence-corrected chi connectivity index (χ3v) is 7.65. The van der Waals surface area contributed by atoms with Crippen molar-refractivity contribution in [2.75, 3.05) is 27.2 Å². The van der Waals surface area contributed by atoms with Crippen molar-refractivity contribution in [3.63, 3.8) is 0 Å². The zero-order valence-electron chi connectivity index (χ0n) is 19.0. The van der Waals surface area contributed by atoms with Crippen LogP contribution in [0.2, 0.25) is 0 Å². The molecule has 1 fully saturated rings. The molecule has 1 saturated heterocycles. The highest BCUT2D eigenvalue weighted by Gasteiger charge is 2.27. The molecule has 0 spiro atoms. The van der Waals surface area contributed by atoms with Gasteiger partial charge in [0.25, 0.3) is 11.5 Å². The number of thiophene rings is 1. The van der Waals surface area contributed by atoms with E-state index in [1.54, 1.807) is 11.3 Å². The highest BCUT2D eigenvalue weighted by Crippen LogP contribution is 2.33. The van der Waals surface area contributed by atoms with E-state index in [0.29, 0.717) is 23.2 Å². The Bertz CT molecular complexity index is 955. The molecule has 7 heteroatoms. The number of pyridine rings is 1. The molecule has 2 aromatic heterocycles. The first-order chi connectivity index (χ1) is 14.2. The van der Waals surface area contributed by atoms with E-state index < -0.39 is 0 Å². The number of aromatic nitrogens is 1. The molecule has 1 amide bonds. The molecule has 1 atom stereocenters. The third kappa shape index (κ3) is 4.85. The number of nitrogens with one attached hydrogen (secondary N) is 2. The van der Waals surface area contributed by atoms with E-state index in [1.807, 2.05) is 32.2 Å². The first-order valence-corrected chi connectivity index (χ1v) is 11.5. The molecule has 30 heavy (non-hydrogen) atoms. The van der Waals surface area contributed by atoms with Crippen molar-refractivity contribution in [3.05, 3.63) is 54.6 Å². The van der Waals surface area contributed by atoms with Crippen LogP contribution in [0.3, 0.4) is 0 Å². The Morgan fingerprint density at radius 1 is 1.30 bits per heavy atom. The maximum Gasteiger partial charge on any atom is 0.253 e. The van der Waals surface area contributed by atoms with E-state index >= 15 is 0 Å². The fourth-order valence-corrected chi connectivity index (χ4v) is 5.55. The number of likely N-dealkylation sites (tertiary alicyclic amines) is 1. The van der Waals surface area contributed by atoms with Crippen LogP contribution >= 0.6 is 11.3 Å². The summed E-state index contributed by atoms with van der Waals surface area (Å²) in [6.45, 7) is 10.4. The molecule has 0 saturated carbocycles. The molecular formula is C23H34N4O2S. The number of hydrogen-bond acceptors (Lipinski definition) is 5. The summed E-state index contributed by atoms with van der Waals surface area (Å²) in [5.74, 6) is -0.118. The van der Waals surface area contributed by atoms with Gasteiger partial charge in [-0.25, -0.2) is 0 Å². The van der Waals surface area contributed by atoms with Gasteiger partial charge in [0, 0.05) is 53.2 Å². The molecule has 6 nitrogen and oxygen atoms in total. The van der Waals surface area contributed by atoms with Crippen molar-refractivity contribution in [3.8, 4) is 0 Å². The van der Waals surface area contributed by atoms with Gasteiger partial charge >= 0.3 is 0 Å². The second kappa shape index (κ2) is 9.45. The van der Waals surface area contributed by atoms with Gasteiger partial charge in [0.2, 0.25) is 0 Å². The Morgan fingerprint density at radius 2 is 1.97 bits per heavy atom. The van der Waals surface area contributed by atoms with E-state index in [-0.39, 0.29) is 18.0 Å². The lowest BCUT2D eigenvalue weighted by Gasteiger charge is -2.38. The van der Waals surface area contributed by atoms with Gasteiger partial charge in [-0.15, -0.1) is 11.3 Å². The standard InChI is InChI=1S/C23H34N4O2S/c1-14-11-15(2)25-23(29)19(14)12-24-22(28)20-13-30-21(16(20)3)17(4)27-9-7-18(8-10-27)26(5)6/h11,13,17-18H,7-10,12H2,1-6H3,(H,24,28)(H,25,29). The van der Waals surface area contributed by atoms with Gasteiger partial charge in [0.15, 0.2) is 0 Å². The Kier molecular flexibility index (Phi) is 7.16. The van der Waals surface area contributed by atoms with Gasteiger partial charge in [-0.1, -0.05) is 0 Å². The zero-order valence-corrected chi connectivity index (χ0v) is 19.8. The highest BCUT2D eigenvalue weighted by atomic mass is 32.1. The van der Waals surface area contributed by atoms with Crippen LogP contribution in [0.25, 0.3) is 0 Å². The largest absolute Gasteiger partial charge is 0.348 e. The molecule has 3 heterocycles. The average molecular weight is 431 g/mol. The zero-order chi connectivity index (χ0) is 22.0. The summed E-state index contributed by atoms with van der Waals surface area (Å²) in [6, 6.07) is 2.90. The number of carbonyl (C=O) groups excluding carboxylic acids is 1. The number of piperidine rings is 1. The molecule has 1 aliphatic rings. The van der Waals surface area contributed by atoms with Gasteiger partial charge in [-0.05, 0) is 71.8 Å². The van der Waals surface area contributed by atoms with Gasteiger partial charge in [-0.2, -0.15) is 0 Å².